The van der Waals surface area contributed by atoms with Gasteiger partial charge in [-0.15, -0.1) is 0 Å². The maximum Gasteiger partial charge on any atom is 0.255 e. The van der Waals surface area contributed by atoms with E-state index in [-0.39, 0.29) is 16.2 Å². The molecule has 0 radical (unpaired) electrons. The average Bonchev–Trinajstić information content (AvgIpc) is 2.81. The molecule has 9 heteroatoms. The largest absolute Gasteiger partial charge is 0.495 e. The molecule has 1 unspecified atom stereocenters. The van der Waals surface area contributed by atoms with Gasteiger partial charge < -0.3 is 10.1 Å². The lowest BCUT2D eigenvalue weighted by Gasteiger charge is -2.16. The van der Waals surface area contributed by atoms with Crippen LogP contribution in [0, 0.1) is 11.3 Å². The van der Waals surface area contributed by atoms with Crippen LogP contribution in [0.5, 0.6) is 5.75 Å². The number of benzene rings is 3. The second kappa shape index (κ2) is 10.0. The van der Waals surface area contributed by atoms with Crippen LogP contribution in [0.4, 0.5) is 5.69 Å². The first-order chi connectivity index (χ1) is 15.7. The second-order valence-corrected chi connectivity index (χ2v) is 9.84. The zero-order chi connectivity index (χ0) is 24.2. The summed E-state index contributed by atoms with van der Waals surface area (Å²) in [4.78, 5) is 12.7. The molecule has 3 rings (SSSR count). The minimum Gasteiger partial charge on any atom is -0.495 e. The minimum absolute atomic E-state index is 0.115. The van der Waals surface area contributed by atoms with Gasteiger partial charge in [0.2, 0.25) is 10.0 Å². The Morgan fingerprint density at radius 3 is 2.36 bits per heavy atom. The Hall–Kier alpha value is -3.38. The van der Waals surface area contributed by atoms with Crippen LogP contribution in [-0.2, 0) is 10.0 Å². The molecule has 170 valence electrons. The molecule has 1 amide bonds. The molecule has 0 aromatic heterocycles. The molecule has 0 fully saturated rings. The van der Waals surface area contributed by atoms with Crippen molar-refractivity contribution < 1.29 is 17.9 Å². The molecule has 0 saturated carbocycles. The van der Waals surface area contributed by atoms with Crippen LogP contribution in [-0.4, -0.2) is 39.8 Å². The number of amides is 1. The number of carbonyl (C=O) groups is 1. The highest BCUT2D eigenvalue weighted by atomic mass is 35.5. The van der Waals surface area contributed by atoms with Crippen molar-refractivity contribution in [1.82, 2.24) is 4.31 Å². The number of ether oxygens (including phenoxy) is 1. The molecule has 3 aromatic carbocycles. The number of sulfonamides is 1. The van der Waals surface area contributed by atoms with Gasteiger partial charge in [0.1, 0.15) is 10.6 Å². The van der Waals surface area contributed by atoms with Crippen LogP contribution in [0.25, 0.3) is 0 Å². The van der Waals surface area contributed by atoms with Crippen LogP contribution in [0.15, 0.2) is 71.6 Å². The van der Waals surface area contributed by atoms with Crippen molar-refractivity contribution in [1.29, 1.82) is 5.26 Å². The number of hydrogen-bond acceptors (Lipinski definition) is 5. The number of nitriles is 1. The van der Waals surface area contributed by atoms with Crippen molar-refractivity contribution in [2.24, 2.45) is 0 Å². The van der Waals surface area contributed by atoms with E-state index in [1.807, 2.05) is 30.3 Å². The monoisotopic (exact) mass is 483 g/mol. The summed E-state index contributed by atoms with van der Waals surface area (Å²) in [5, 5.41) is 12.7. The van der Waals surface area contributed by atoms with E-state index in [9.17, 15) is 18.5 Å². The maximum atomic E-state index is 12.8. The molecule has 0 aliphatic rings. The third-order valence-electron chi connectivity index (χ3n) is 5.02. The molecule has 0 bridgehead atoms. The van der Waals surface area contributed by atoms with E-state index in [4.69, 9.17) is 16.3 Å². The summed E-state index contributed by atoms with van der Waals surface area (Å²) >= 11 is 6.44. The van der Waals surface area contributed by atoms with Crippen molar-refractivity contribution in [2.45, 2.75) is 10.8 Å². The summed E-state index contributed by atoms with van der Waals surface area (Å²) in [6.07, 6.45) is 0. The predicted octanol–water partition coefficient (Wildman–Crippen LogP) is 4.51. The fourth-order valence-corrected chi connectivity index (χ4v) is 4.59. The second-order valence-electron chi connectivity index (χ2n) is 7.32. The van der Waals surface area contributed by atoms with Gasteiger partial charge in [-0.3, -0.25) is 4.79 Å². The summed E-state index contributed by atoms with van der Waals surface area (Å²) in [5.74, 6) is -0.934. The van der Waals surface area contributed by atoms with Crippen molar-refractivity contribution in [2.75, 3.05) is 26.5 Å². The molecule has 0 heterocycles. The van der Waals surface area contributed by atoms with Gasteiger partial charge in [0.05, 0.1) is 19.1 Å². The lowest BCUT2D eigenvalue weighted by molar-refractivity contribution is 0.102. The Morgan fingerprint density at radius 2 is 1.79 bits per heavy atom. The van der Waals surface area contributed by atoms with Crippen molar-refractivity contribution >= 4 is 33.2 Å². The van der Waals surface area contributed by atoms with E-state index in [2.05, 4.69) is 11.4 Å². The molecule has 0 aliphatic heterocycles. The zero-order valence-corrected chi connectivity index (χ0v) is 19.8. The van der Waals surface area contributed by atoms with E-state index < -0.39 is 21.8 Å². The maximum absolute atomic E-state index is 12.8. The summed E-state index contributed by atoms with van der Waals surface area (Å²) in [7, 11) is 0.331. The van der Waals surface area contributed by atoms with Crippen LogP contribution in [0.1, 0.15) is 27.4 Å². The molecule has 0 aliphatic carbocycles. The molecule has 7 nitrogen and oxygen atoms in total. The minimum atomic E-state index is -3.82. The van der Waals surface area contributed by atoms with E-state index >= 15 is 0 Å². The molecular formula is C24H22ClN3O4S. The average molecular weight is 484 g/mol. The third-order valence-corrected chi connectivity index (χ3v) is 7.18. The highest BCUT2D eigenvalue weighted by Crippen LogP contribution is 2.32. The Kier molecular flexibility index (Phi) is 7.39. The van der Waals surface area contributed by atoms with E-state index in [1.54, 1.807) is 18.2 Å². The molecule has 1 N–H and O–H groups in total. The van der Waals surface area contributed by atoms with Gasteiger partial charge in [0.15, 0.2) is 0 Å². The fraction of sp³-hybridized carbons (Fsp3) is 0.167. The molecule has 33 heavy (non-hydrogen) atoms. The van der Waals surface area contributed by atoms with Gasteiger partial charge in [-0.05, 0) is 41.5 Å². The van der Waals surface area contributed by atoms with Crippen LogP contribution in [0.2, 0.25) is 5.02 Å². The van der Waals surface area contributed by atoms with E-state index in [0.29, 0.717) is 16.3 Å². The Morgan fingerprint density at radius 1 is 1.09 bits per heavy atom. The van der Waals surface area contributed by atoms with Crippen LogP contribution >= 0.6 is 11.6 Å². The Bertz CT molecular complexity index is 1320. The van der Waals surface area contributed by atoms with Gasteiger partial charge in [0, 0.05) is 30.4 Å². The first-order valence-corrected chi connectivity index (χ1v) is 11.7. The number of rotatable bonds is 7. The van der Waals surface area contributed by atoms with Crippen molar-refractivity contribution in [3.05, 3.63) is 88.4 Å². The predicted molar refractivity (Wildman–Crippen MR) is 127 cm³/mol. The lowest BCUT2D eigenvalue weighted by Crippen LogP contribution is -2.23. The normalized spacial score (nSPS) is 12.1. The highest BCUT2D eigenvalue weighted by Gasteiger charge is 2.24. The summed E-state index contributed by atoms with van der Waals surface area (Å²) < 4.78 is 31.4. The van der Waals surface area contributed by atoms with Gasteiger partial charge in [0.25, 0.3) is 5.91 Å². The van der Waals surface area contributed by atoms with Crippen LogP contribution < -0.4 is 10.1 Å². The first-order valence-electron chi connectivity index (χ1n) is 9.85. The fourth-order valence-electron chi connectivity index (χ4n) is 3.23. The number of methoxy groups -OCH3 is 1. The summed E-state index contributed by atoms with van der Waals surface area (Å²) in [5.41, 5.74) is 1.97. The third kappa shape index (κ3) is 5.17. The lowest BCUT2D eigenvalue weighted by atomic mass is 9.92. The van der Waals surface area contributed by atoms with Gasteiger partial charge in [-0.1, -0.05) is 48.0 Å². The number of nitrogens with one attached hydrogen (secondary N) is 1. The number of halogens is 1. The van der Waals surface area contributed by atoms with Crippen molar-refractivity contribution in [3.63, 3.8) is 0 Å². The molecule has 0 spiro atoms. The SMILES string of the molecule is COc1ccc(C(=O)Nc2ccc(C(C#N)c3ccccc3)c(Cl)c2)cc1S(=O)(=O)N(C)C. The topological polar surface area (TPSA) is 99.5 Å². The standard InChI is InChI=1S/C24H22ClN3O4S/c1-28(2)33(30,31)23-13-17(9-12-22(23)32-3)24(29)27-18-10-11-19(21(25)14-18)20(15-26)16-7-5-4-6-8-16/h4-14,20H,1-3H3,(H,27,29). The van der Waals surface area contributed by atoms with Gasteiger partial charge in [-0.2, -0.15) is 5.26 Å². The smallest absolute Gasteiger partial charge is 0.255 e. The number of anilines is 1. The Labute approximate surface area is 198 Å². The number of hydrogen-bond donors (Lipinski definition) is 1. The van der Waals surface area contributed by atoms with Crippen LogP contribution in [0.3, 0.4) is 0 Å². The van der Waals surface area contributed by atoms with Gasteiger partial charge in [-0.25, -0.2) is 12.7 Å². The van der Waals surface area contributed by atoms with Gasteiger partial charge >= 0.3 is 0 Å². The van der Waals surface area contributed by atoms with Crippen molar-refractivity contribution in [3.8, 4) is 11.8 Å². The highest BCUT2D eigenvalue weighted by molar-refractivity contribution is 7.89. The molecule has 3 aromatic rings. The quantitative estimate of drug-likeness (QED) is 0.533. The van der Waals surface area contributed by atoms with E-state index in [0.717, 1.165) is 9.87 Å². The molecule has 0 saturated heterocycles. The zero-order valence-electron chi connectivity index (χ0n) is 18.2. The number of nitrogens with zero attached hydrogens (tertiary/aromatic N) is 2. The summed E-state index contributed by atoms with van der Waals surface area (Å²) in [6.45, 7) is 0. The number of carbonyl (C=O) groups excluding carboxylic acids is 1. The van der Waals surface area contributed by atoms with E-state index in [1.165, 1.54) is 39.4 Å². The summed E-state index contributed by atoms with van der Waals surface area (Å²) in [6, 6.07) is 20.6. The molecular weight excluding hydrogens is 462 g/mol. The Balaban J connectivity index is 1.88. The first kappa shape index (κ1) is 24.3. The molecule has 1 atom stereocenters.